The molecule has 14 heavy (non-hydrogen) atoms. The Kier molecular flexibility index (Phi) is 3.48. The molecule has 0 saturated heterocycles. The first-order chi connectivity index (χ1) is 6.45. The minimum atomic E-state index is -0.00347. The van der Waals surface area contributed by atoms with Crippen molar-refractivity contribution in [3.63, 3.8) is 0 Å². The van der Waals surface area contributed by atoms with Crippen molar-refractivity contribution in [1.82, 2.24) is 0 Å². The van der Waals surface area contributed by atoms with Crippen LogP contribution in [0.2, 0.25) is 0 Å². The summed E-state index contributed by atoms with van der Waals surface area (Å²) in [5.41, 5.74) is 7.19. The summed E-state index contributed by atoms with van der Waals surface area (Å²) in [6.07, 6.45) is 2.18. The van der Waals surface area contributed by atoms with Gasteiger partial charge in [-0.2, -0.15) is 0 Å². The number of hydrogen-bond acceptors (Lipinski definition) is 2. The van der Waals surface area contributed by atoms with E-state index in [0.29, 0.717) is 11.8 Å². The molecule has 4 atom stereocenters. The van der Waals surface area contributed by atoms with E-state index in [1.54, 1.807) is 6.92 Å². The molecule has 0 heterocycles. The topological polar surface area (TPSA) is 43.1 Å². The summed E-state index contributed by atoms with van der Waals surface area (Å²) < 4.78 is 0. The number of allylic oxidation sites excluding steroid dienone is 1. The molecule has 1 fully saturated rings. The zero-order chi connectivity index (χ0) is 10.9. The Morgan fingerprint density at radius 3 is 2.36 bits per heavy atom. The third kappa shape index (κ3) is 2.06. The van der Waals surface area contributed by atoms with Gasteiger partial charge in [0.2, 0.25) is 0 Å². The highest BCUT2D eigenvalue weighted by molar-refractivity contribution is 5.80. The van der Waals surface area contributed by atoms with Crippen molar-refractivity contribution in [2.24, 2.45) is 23.5 Å². The predicted octanol–water partition coefficient (Wildman–Crippen LogP) is 2.14. The molecular weight excluding hydrogens is 174 g/mol. The minimum absolute atomic E-state index is 0.00347. The third-order valence-electron chi connectivity index (χ3n) is 3.54. The summed E-state index contributed by atoms with van der Waals surface area (Å²) in [5, 5.41) is 0. The molecular formula is C12H21NO. The van der Waals surface area contributed by atoms with Crippen LogP contribution < -0.4 is 5.73 Å². The van der Waals surface area contributed by atoms with E-state index >= 15 is 0 Å². The van der Waals surface area contributed by atoms with Gasteiger partial charge in [0.1, 0.15) is 5.78 Å². The third-order valence-corrected chi connectivity index (χ3v) is 3.54. The van der Waals surface area contributed by atoms with Crippen LogP contribution in [-0.4, -0.2) is 11.8 Å². The van der Waals surface area contributed by atoms with Gasteiger partial charge in [0.15, 0.2) is 0 Å². The number of hydrogen-bond donors (Lipinski definition) is 1. The molecule has 80 valence electrons. The summed E-state index contributed by atoms with van der Waals surface area (Å²) in [6.45, 7) is 9.75. The van der Waals surface area contributed by atoms with Gasteiger partial charge in [-0.1, -0.05) is 19.1 Å². The van der Waals surface area contributed by atoms with Gasteiger partial charge >= 0.3 is 0 Å². The van der Waals surface area contributed by atoms with Crippen molar-refractivity contribution < 1.29 is 4.79 Å². The van der Waals surface area contributed by atoms with Crippen molar-refractivity contribution in [1.29, 1.82) is 0 Å². The zero-order valence-electron chi connectivity index (χ0n) is 9.42. The van der Waals surface area contributed by atoms with E-state index in [2.05, 4.69) is 13.5 Å². The molecule has 1 aliphatic carbocycles. The first-order valence-corrected chi connectivity index (χ1v) is 5.36. The maximum absolute atomic E-state index is 11.5. The Morgan fingerprint density at radius 2 is 1.93 bits per heavy atom. The molecule has 0 amide bonds. The molecule has 2 nitrogen and oxygen atoms in total. The standard InChI is InChI=1S/C12H21NO/c1-7(2)10-6-5-8(3)12(13)11(10)9(4)14/h8,10-12H,1,5-6,13H2,2-4H3/t8?,10-,11?,12?/m0/s1. The smallest absolute Gasteiger partial charge is 0.135 e. The van der Waals surface area contributed by atoms with E-state index in [1.807, 2.05) is 6.92 Å². The highest BCUT2D eigenvalue weighted by Gasteiger charge is 2.38. The Morgan fingerprint density at radius 1 is 1.36 bits per heavy atom. The molecule has 0 aromatic carbocycles. The van der Waals surface area contributed by atoms with E-state index in [1.165, 1.54) is 0 Å². The van der Waals surface area contributed by atoms with Gasteiger partial charge in [-0.25, -0.2) is 0 Å². The Bertz CT molecular complexity index is 247. The van der Waals surface area contributed by atoms with Crippen LogP contribution in [0.25, 0.3) is 0 Å². The van der Waals surface area contributed by atoms with Crippen molar-refractivity contribution in [2.75, 3.05) is 0 Å². The first kappa shape index (κ1) is 11.4. The first-order valence-electron chi connectivity index (χ1n) is 5.36. The van der Waals surface area contributed by atoms with E-state index < -0.39 is 0 Å². The molecule has 0 spiro atoms. The Balaban J connectivity index is 2.87. The number of ketones is 1. The minimum Gasteiger partial charge on any atom is -0.327 e. The summed E-state index contributed by atoms with van der Waals surface area (Å²) in [4.78, 5) is 11.5. The van der Waals surface area contributed by atoms with Crippen LogP contribution in [0, 0.1) is 17.8 Å². The average Bonchev–Trinajstić information content (AvgIpc) is 2.08. The van der Waals surface area contributed by atoms with Crippen LogP contribution in [0.3, 0.4) is 0 Å². The lowest BCUT2D eigenvalue weighted by atomic mass is 9.68. The normalized spacial score (nSPS) is 38.0. The molecule has 2 N–H and O–H groups in total. The van der Waals surface area contributed by atoms with Crippen molar-refractivity contribution in [3.05, 3.63) is 12.2 Å². The lowest BCUT2D eigenvalue weighted by Crippen LogP contribution is -2.47. The van der Waals surface area contributed by atoms with Gasteiger partial charge in [0.05, 0.1) is 0 Å². The highest BCUT2D eigenvalue weighted by Crippen LogP contribution is 2.37. The van der Waals surface area contributed by atoms with Crippen LogP contribution in [0.5, 0.6) is 0 Å². The van der Waals surface area contributed by atoms with Crippen LogP contribution in [0.4, 0.5) is 0 Å². The molecule has 1 rings (SSSR count). The molecule has 0 radical (unpaired) electrons. The Labute approximate surface area is 86.6 Å². The quantitative estimate of drug-likeness (QED) is 0.686. The summed E-state index contributed by atoms with van der Waals surface area (Å²) in [6, 6.07) is 0.0166. The monoisotopic (exact) mass is 195 g/mol. The second kappa shape index (κ2) is 4.26. The molecule has 0 aromatic heterocycles. The van der Waals surface area contributed by atoms with Crippen LogP contribution in [-0.2, 0) is 4.79 Å². The van der Waals surface area contributed by atoms with E-state index in [9.17, 15) is 4.79 Å². The number of carbonyl (C=O) groups is 1. The molecule has 2 heteroatoms. The molecule has 0 aliphatic heterocycles. The van der Waals surface area contributed by atoms with Crippen LogP contribution in [0.1, 0.15) is 33.6 Å². The zero-order valence-corrected chi connectivity index (χ0v) is 9.42. The fraction of sp³-hybridized carbons (Fsp3) is 0.750. The molecule has 1 aliphatic rings. The number of nitrogens with two attached hydrogens (primary N) is 1. The molecule has 1 saturated carbocycles. The predicted molar refractivity (Wildman–Crippen MR) is 58.8 cm³/mol. The van der Waals surface area contributed by atoms with Crippen molar-refractivity contribution in [2.45, 2.75) is 39.7 Å². The molecule has 0 aromatic rings. The van der Waals surface area contributed by atoms with Crippen molar-refractivity contribution >= 4 is 5.78 Å². The van der Waals surface area contributed by atoms with Gasteiger partial charge in [0, 0.05) is 12.0 Å². The SMILES string of the molecule is C=C(C)[C@@H]1CCC(C)C(N)C1C(C)=O. The Hall–Kier alpha value is -0.630. The average molecular weight is 195 g/mol. The number of Topliss-reactive ketones (excluding diaryl/α,β-unsaturated/α-hetero) is 1. The highest BCUT2D eigenvalue weighted by atomic mass is 16.1. The van der Waals surface area contributed by atoms with Crippen LogP contribution >= 0.6 is 0 Å². The van der Waals surface area contributed by atoms with Gasteiger partial charge in [-0.05, 0) is 38.5 Å². The lowest BCUT2D eigenvalue weighted by molar-refractivity contribution is -0.124. The maximum atomic E-state index is 11.5. The largest absolute Gasteiger partial charge is 0.327 e. The van der Waals surface area contributed by atoms with Gasteiger partial charge in [-0.15, -0.1) is 0 Å². The van der Waals surface area contributed by atoms with E-state index in [4.69, 9.17) is 5.73 Å². The summed E-state index contributed by atoms with van der Waals surface area (Å²) in [5.74, 6) is 0.978. The summed E-state index contributed by atoms with van der Waals surface area (Å²) >= 11 is 0. The fourth-order valence-corrected chi connectivity index (χ4v) is 2.54. The second-order valence-electron chi connectivity index (χ2n) is 4.72. The number of carbonyl (C=O) groups excluding carboxylic acids is 1. The van der Waals surface area contributed by atoms with Crippen LogP contribution in [0.15, 0.2) is 12.2 Å². The molecule has 0 bridgehead atoms. The van der Waals surface area contributed by atoms with Gasteiger partial charge in [0.25, 0.3) is 0 Å². The summed E-state index contributed by atoms with van der Waals surface area (Å²) in [7, 11) is 0. The van der Waals surface area contributed by atoms with Gasteiger partial charge < -0.3 is 5.73 Å². The van der Waals surface area contributed by atoms with E-state index in [0.717, 1.165) is 18.4 Å². The van der Waals surface area contributed by atoms with Gasteiger partial charge in [-0.3, -0.25) is 4.79 Å². The van der Waals surface area contributed by atoms with E-state index in [-0.39, 0.29) is 17.7 Å². The van der Waals surface area contributed by atoms with Crippen molar-refractivity contribution in [3.8, 4) is 0 Å². The fourth-order valence-electron chi connectivity index (χ4n) is 2.54. The second-order valence-corrected chi connectivity index (χ2v) is 4.72. The maximum Gasteiger partial charge on any atom is 0.135 e. The number of rotatable bonds is 2. The molecule has 3 unspecified atom stereocenters. The lowest BCUT2D eigenvalue weighted by Gasteiger charge is -2.39.